The molecule has 0 unspecified atom stereocenters. The van der Waals surface area contributed by atoms with Crippen molar-refractivity contribution in [2.45, 2.75) is 59.3 Å². The molecule has 3 nitrogen and oxygen atoms in total. The largest absolute Gasteiger partial charge is 0.384 e. The van der Waals surface area contributed by atoms with Crippen LogP contribution in [-0.2, 0) is 11.8 Å². The molecule has 1 N–H and O–H groups in total. The summed E-state index contributed by atoms with van der Waals surface area (Å²) in [4.78, 5) is 7.61. The summed E-state index contributed by atoms with van der Waals surface area (Å²) < 4.78 is 0. The summed E-state index contributed by atoms with van der Waals surface area (Å²) in [5.74, 6) is 0. The van der Waals surface area contributed by atoms with Crippen LogP contribution in [0.5, 0.6) is 0 Å². The number of allylic oxidation sites excluding steroid dienone is 1. The van der Waals surface area contributed by atoms with Gasteiger partial charge in [-0.2, -0.15) is 0 Å². The molecule has 0 atom stereocenters. The van der Waals surface area contributed by atoms with Gasteiger partial charge in [0.1, 0.15) is 0 Å². The van der Waals surface area contributed by atoms with Crippen molar-refractivity contribution in [1.29, 1.82) is 0 Å². The van der Waals surface area contributed by atoms with Gasteiger partial charge in [-0.1, -0.05) is 77.1 Å². The molecule has 1 aromatic heterocycles. The Hall–Kier alpha value is -2.65. The van der Waals surface area contributed by atoms with Crippen molar-refractivity contribution in [3.63, 3.8) is 0 Å². The minimum Gasteiger partial charge on any atom is -0.384 e. The number of fused-ring (bicyclic) bond motifs is 2. The van der Waals surface area contributed by atoms with Crippen molar-refractivity contribution in [2.24, 2.45) is 0 Å². The molecule has 0 radical (unpaired) electrons. The first kappa shape index (κ1) is 23.5. The van der Waals surface area contributed by atoms with E-state index in [0.717, 1.165) is 51.0 Å². The topological polar surface area (TPSA) is 28.2 Å². The monoisotopic (exact) mass is 441 g/mol. The minimum absolute atomic E-state index is 0.179. The SMILES string of the molecule is CCN(CC)CCCNc1c2c(nc3ccccc13)/C(=C/c1ccc(C(C)(C)C)cc1)CC2. The lowest BCUT2D eigenvalue weighted by Crippen LogP contribution is -2.25. The number of aromatic nitrogens is 1. The lowest BCUT2D eigenvalue weighted by Gasteiger charge is -2.19. The highest BCUT2D eigenvalue weighted by molar-refractivity contribution is 5.98. The van der Waals surface area contributed by atoms with Crippen LogP contribution < -0.4 is 5.32 Å². The Morgan fingerprint density at radius 2 is 1.70 bits per heavy atom. The van der Waals surface area contributed by atoms with Gasteiger partial charge in [0.25, 0.3) is 0 Å². The van der Waals surface area contributed by atoms with Crippen LogP contribution in [-0.4, -0.2) is 36.1 Å². The van der Waals surface area contributed by atoms with Gasteiger partial charge in [0, 0.05) is 23.2 Å². The van der Waals surface area contributed by atoms with Gasteiger partial charge in [0.05, 0.1) is 11.2 Å². The molecule has 3 aromatic rings. The van der Waals surface area contributed by atoms with E-state index in [0.29, 0.717) is 0 Å². The molecule has 4 rings (SSSR count). The van der Waals surface area contributed by atoms with Crippen LogP contribution in [0.15, 0.2) is 48.5 Å². The molecular formula is C30H39N3. The summed E-state index contributed by atoms with van der Waals surface area (Å²) in [6.07, 6.45) is 5.59. The standard InChI is InChI=1S/C30H39N3/c1-6-33(7-2)20-10-19-31-29-25-11-8-9-12-27(25)32-28-23(15-18-26(28)29)21-22-13-16-24(17-14-22)30(3,4)5/h8-9,11-14,16-17,21H,6-7,10,15,18-20H2,1-5H3,(H,31,32)/b23-21+. The normalized spacial score (nSPS) is 14.9. The molecule has 0 amide bonds. The van der Waals surface area contributed by atoms with Crippen LogP contribution in [0.2, 0.25) is 0 Å². The molecule has 2 aromatic carbocycles. The van der Waals surface area contributed by atoms with Crippen molar-refractivity contribution in [3.05, 3.63) is 70.9 Å². The van der Waals surface area contributed by atoms with E-state index in [1.165, 1.54) is 39.0 Å². The van der Waals surface area contributed by atoms with Crippen LogP contribution in [0.1, 0.15) is 69.8 Å². The van der Waals surface area contributed by atoms with Gasteiger partial charge in [0.15, 0.2) is 0 Å². The maximum atomic E-state index is 5.12. The molecule has 174 valence electrons. The Morgan fingerprint density at radius 3 is 2.39 bits per heavy atom. The third-order valence-corrected chi connectivity index (χ3v) is 6.91. The van der Waals surface area contributed by atoms with Crippen LogP contribution in [0.25, 0.3) is 22.6 Å². The number of hydrogen-bond acceptors (Lipinski definition) is 3. The Labute approximate surface area is 199 Å². The molecule has 0 aliphatic heterocycles. The highest BCUT2D eigenvalue weighted by atomic mass is 15.1. The van der Waals surface area contributed by atoms with E-state index in [1.807, 2.05) is 0 Å². The summed E-state index contributed by atoms with van der Waals surface area (Å²) in [7, 11) is 0. The van der Waals surface area contributed by atoms with Gasteiger partial charge in [0.2, 0.25) is 0 Å². The number of rotatable bonds is 8. The molecule has 0 spiro atoms. The molecule has 0 bridgehead atoms. The van der Waals surface area contributed by atoms with Gasteiger partial charge in [-0.05, 0) is 73.2 Å². The number of nitrogens with zero attached hydrogens (tertiary/aromatic N) is 2. The van der Waals surface area contributed by atoms with Gasteiger partial charge in [-0.25, -0.2) is 4.98 Å². The second kappa shape index (κ2) is 10.1. The highest BCUT2D eigenvalue weighted by Gasteiger charge is 2.23. The van der Waals surface area contributed by atoms with Gasteiger partial charge >= 0.3 is 0 Å². The van der Waals surface area contributed by atoms with Crippen molar-refractivity contribution in [3.8, 4) is 0 Å². The van der Waals surface area contributed by atoms with Crippen LogP contribution in [0, 0.1) is 0 Å². The number of hydrogen-bond donors (Lipinski definition) is 1. The summed E-state index contributed by atoms with van der Waals surface area (Å²) >= 11 is 0. The smallest absolute Gasteiger partial charge is 0.0730 e. The van der Waals surface area contributed by atoms with Crippen molar-refractivity contribution < 1.29 is 0 Å². The van der Waals surface area contributed by atoms with E-state index in [-0.39, 0.29) is 5.41 Å². The number of anilines is 1. The van der Waals surface area contributed by atoms with E-state index in [9.17, 15) is 0 Å². The molecular weight excluding hydrogens is 402 g/mol. The summed E-state index contributed by atoms with van der Waals surface area (Å²) in [5, 5.41) is 5.05. The second-order valence-electron chi connectivity index (χ2n) is 10.2. The first-order valence-corrected chi connectivity index (χ1v) is 12.6. The van der Waals surface area contributed by atoms with E-state index in [1.54, 1.807) is 0 Å². The van der Waals surface area contributed by atoms with Crippen molar-refractivity contribution in [1.82, 2.24) is 9.88 Å². The Kier molecular flexibility index (Phi) is 7.19. The first-order valence-electron chi connectivity index (χ1n) is 12.6. The number of nitrogens with one attached hydrogen (secondary N) is 1. The number of pyridine rings is 1. The zero-order valence-electron chi connectivity index (χ0n) is 21.0. The van der Waals surface area contributed by atoms with E-state index < -0.39 is 0 Å². The predicted octanol–water partition coefficient (Wildman–Crippen LogP) is 7.16. The fraction of sp³-hybridized carbons (Fsp3) is 0.433. The van der Waals surface area contributed by atoms with E-state index in [2.05, 4.69) is 99.4 Å². The number of benzene rings is 2. The first-order chi connectivity index (χ1) is 15.9. The summed E-state index contributed by atoms with van der Waals surface area (Å²) in [6.45, 7) is 15.6. The molecule has 1 heterocycles. The van der Waals surface area contributed by atoms with Gasteiger partial charge < -0.3 is 10.2 Å². The van der Waals surface area contributed by atoms with Gasteiger partial charge in [-0.3, -0.25) is 0 Å². The molecule has 0 saturated heterocycles. The Morgan fingerprint density at radius 1 is 0.970 bits per heavy atom. The molecule has 3 heteroatoms. The molecule has 0 fully saturated rings. The molecule has 1 aliphatic carbocycles. The zero-order valence-corrected chi connectivity index (χ0v) is 21.0. The van der Waals surface area contributed by atoms with Crippen LogP contribution in [0.4, 0.5) is 5.69 Å². The number of para-hydroxylation sites is 1. The maximum Gasteiger partial charge on any atom is 0.0730 e. The van der Waals surface area contributed by atoms with Crippen LogP contribution >= 0.6 is 0 Å². The average Bonchev–Trinajstić information content (AvgIpc) is 3.20. The average molecular weight is 442 g/mol. The lowest BCUT2D eigenvalue weighted by molar-refractivity contribution is 0.303. The highest BCUT2D eigenvalue weighted by Crippen LogP contribution is 2.40. The fourth-order valence-electron chi connectivity index (χ4n) is 4.82. The third-order valence-electron chi connectivity index (χ3n) is 6.91. The summed E-state index contributed by atoms with van der Waals surface area (Å²) in [6, 6.07) is 17.6. The van der Waals surface area contributed by atoms with Crippen molar-refractivity contribution in [2.75, 3.05) is 31.5 Å². The fourth-order valence-corrected chi connectivity index (χ4v) is 4.82. The van der Waals surface area contributed by atoms with Gasteiger partial charge in [-0.15, -0.1) is 0 Å². The molecule has 1 aliphatic rings. The van der Waals surface area contributed by atoms with E-state index >= 15 is 0 Å². The Bertz CT molecular complexity index is 1120. The second-order valence-corrected chi connectivity index (χ2v) is 10.2. The van der Waals surface area contributed by atoms with E-state index in [4.69, 9.17) is 4.98 Å². The predicted molar refractivity (Wildman–Crippen MR) is 144 cm³/mol. The third kappa shape index (κ3) is 5.30. The maximum absolute atomic E-state index is 5.12. The molecule has 33 heavy (non-hydrogen) atoms. The Balaban J connectivity index is 1.62. The van der Waals surface area contributed by atoms with Crippen LogP contribution in [0.3, 0.4) is 0 Å². The lowest BCUT2D eigenvalue weighted by atomic mass is 9.86. The quantitative estimate of drug-likeness (QED) is 0.376. The van der Waals surface area contributed by atoms with Crippen molar-refractivity contribution >= 4 is 28.2 Å². The minimum atomic E-state index is 0.179. The summed E-state index contributed by atoms with van der Waals surface area (Å²) in [5.41, 5.74) is 9.10. The molecule has 0 saturated carbocycles. The zero-order chi connectivity index (χ0) is 23.4.